The molecule has 0 N–H and O–H groups in total. The van der Waals surface area contributed by atoms with Crippen molar-refractivity contribution < 1.29 is 0 Å². The molecule has 9 aromatic carbocycles. The molecule has 0 spiro atoms. The van der Waals surface area contributed by atoms with Crippen molar-refractivity contribution in [1.82, 2.24) is 0 Å². The molecule has 0 aromatic heterocycles. The molecule has 0 fully saturated rings. The van der Waals surface area contributed by atoms with E-state index in [2.05, 4.69) is 286 Å². The van der Waals surface area contributed by atoms with Crippen molar-refractivity contribution >= 4 is 46.3 Å². The Labute approximate surface area is 439 Å². The van der Waals surface area contributed by atoms with Gasteiger partial charge in [0.2, 0.25) is 0 Å². The number of rotatable bonds is 5. The van der Waals surface area contributed by atoms with E-state index in [0.717, 1.165) is 0 Å². The number of hydrogen-bond acceptors (Lipinski definition) is 2. The summed E-state index contributed by atoms with van der Waals surface area (Å²) in [5, 5.41) is 0. The molecule has 0 amide bonds. The van der Waals surface area contributed by atoms with Crippen LogP contribution < -0.4 is 9.80 Å². The highest BCUT2D eigenvalue weighted by atomic mass is 15.2. The number of anilines is 6. The number of hydrogen-bond donors (Lipinski definition) is 0. The van der Waals surface area contributed by atoms with Gasteiger partial charge in [0.15, 0.2) is 0 Å². The summed E-state index contributed by atoms with van der Waals surface area (Å²) in [6, 6.07) is 71.5. The van der Waals surface area contributed by atoms with E-state index in [9.17, 15) is 0 Å². The van der Waals surface area contributed by atoms with Gasteiger partial charge in [0.1, 0.15) is 0 Å². The van der Waals surface area contributed by atoms with Crippen LogP contribution in [0.3, 0.4) is 0 Å². The highest BCUT2D eigenvalue weighted by Crippen LogP contribution is 2.60. The SMILES string of the molecule is CC(C)(C)c1ccc(N2c3ccccc3C(C)(C)c3cc4c(cc32)C(C)(C)c2cc(/C=C/c3ccc(-c5ccc6c(c5)C(C)(C)c5cc7c(cc5-6)C(C)(C)c5ccccc5N7c5ccccc5)cc3)ccc2-4)cc1. The van der Waals surface area contributed by atoms with Gasteiger partial charge in [-0.15, -0.1) is 0 Å². The van der Waals surface area contributed by atoms with Crippen LogP contribution in [0.25, 0.3) is 45.5 Å². The molecule has 74 heavy (non-hydrogen) atoms. The van der Waals surface area contributed by atoms with Crippen LogP contribution in [-0.2, 0) is 27.1 Å². The summed E-state index contributed by atoms with van der Waals surface area (Å²) in [7, 11) is 0. The van der Waals surface area contributed by atoms with Gasteiger partial charge in [-0.3, -0.25) is 0 Å². The second kappa shape index (κ2) is 15.9. The third-order valence-electron chi connectivity index (χ3n) is 17.8. The fourth-order valence-corrected chi connectivity index (χ4v) is 13.4. The zero-order valence-corrected chi connectivity index (χ0v) is 44.9. The van der Waals surface area contributed by atoms with E-state index in [0.29, 0.717) is 0 Å². The first-order chi connectivity index (χ1) is 35.3. The van der Waals surface area contributed by atoms with Crippen LogP contribution >= 0.6 is 0 Å². The van der Waals surface area contributed by atoms with Gasteiger partial charge < -0.3 is 9.80 Å². The minimum atomic E-state index is -0.176. The Morgan fingerprint density at radius 3 is 1.27 bits per heavy atom. The van der Waals surface area contributed by atoms with Crippen LogP contribution in [0, 0.1) is 0 Å². The summed E-state index contributed by atoms with van der Waals surface area (Å²) in [5.74, 6) is 0. The zero-order valence-electron chi connectivity index (χ0n) is 44.9. The average Bonchev–Trinajstić information content (AvgIpc) is 3.78. The Kier molecular flexibility index (Phi) is 9.92. The third kappa shape index (κ3) is 6.76. The molecule has 9 aromatic rings. The van der Waals surface area contributed by atoms with E-state index in [1.165, 1.54) is 129 Å². The van der Waals surface area contributed by atoms with Crippen molar-refractivity contribution in [2.24, 2.45) is 0 Å². The molecule has 2 aliphatic carbocycles. The lowest BCUT2D eigenvalue weighted by molar-refractivity contribution is 0.590. The average molecular weight is 959 g/mol. The summed E-state index contributed by atoms with van der Waals surface area (Å²) in [5.41, 5.74) is 29.5. The lowest BCUT2D eigenvalue weighted by atomic mass is 9.71. The Bertz CT molecular complexity index is 3800. The van der Waals surface area contributed by atoms with Crippen LogP contribution in [0.5, 0.6) is 0 Å². The number of nitrogens with zero attached hydrogens (tertiary/aromatic N) is 2. The number of para-hydroxylation sites is 3. The van der Waals surface area contributed by atoms with Crippen LogP contribution in [0.4, 0.5) is 34.1 Å². The lowest BCUT2D eigenvalue weighted by Crippen LogP contribution is -2.31. The van der Waals surface area contributed by atoms with Crippen LogP contribution in [-0.4, -0.2) is 0 Å². The molecule has 0 bridgehead atoms. The fourth-order valence-electron chi connectivity index (χ4n) is 13.4. The molecule has 0 radical (unpaired) electrons. The van der Waals surface area contributed by atoms with Crippen LogP contribution in [0.2, 0.25) is 0 Å². The van der Waals surface area contributed by atoms with Gasteiger partial charge >= 0.3 is 0 Å². The Morgan fingerprint density at radius 2 is 0.730 bits per heavy atom. The molecule has 4 aliphatic rings. The standard InChI is InChI=1S/C72H66N2/c1-68(2,3)49-33-35-51(36-34-49)74-65-24-18-16-22-57(65)70(6,7)63-41-54-52-37-29-46(39-58(52)71(8,9)60(54)43-67(63)74)26-25-45-27-30-47(31-28-45)48-32-38-53-55-42-62-66(44-61(55)72(10,11)59(53)40-48)73(50-19-13-12-14-20-50)64-23-17-15-21-56(64)69(62,4)5/h12-44H,1-11H3/b26-25+. The maximum atomic E-state index is 2.52. The highest BCUT2D eigenvalue weighted by molar-refractivity contribution is 5.94. The van der Waals surface area contributed by atoms with E-state index < -0.39 is 0 Å². The normalized spacial score (nSPS) is 16.6. The van der Waals surface area contributed by atoms with Gasteiger partial charge in [0, 0.05) is 33.0 Å². The third-order valence-corrected chi connectivity index (χ3v) is 17.8. The molecule has 0 saturated carbocycles. The largest absolute Gasteiger partial charge is 0.310 e. The summed E-state index contributed by atoms with van der Waals surface area (Å²) >= 11 is 0. The monoisotopic (exact) mass is 959 g/mol. The summed E-state index contributed by atoms with van der Waals surface area (Å²) in [6.07, 6.45) is 4.56. The zero-order chi connectivity index (χ0) is 51.3. The predicted octanol–water partition coefficient (Wildman–Crippen LogP) is 19.7. The van der Waals surface area contributed by atoms with Gasteiger partial charge in [-0.2, -0.15) is 0 Å². The molecule has 13 rings (SSSR count). The van der Waals surface area contributed by atoms with Gasteiger partial charge in [-0.1, -0.05) is 210 Å². The van der Waals surface area contributed by atoms with E-state index in [1.807, 2.05) is 0 Å². The van der Waals surface area contributed by atoms with Crippen molar-refractivity contribution in [2.75, 3.05) is 9.80 Å². The first-order valence-electron chi connectivity index (χ1n) is 26.7. The second-order valence-corrected chi connectivity index (χ2v) is 24.7. The number of benzene rings is 9. The maximum absolute atomic E-state index is 2.52. The molecular formula is C72H66N2. The van der Waals surface area contributed by atoms with E-state index >= 15 is 0 Å². The summed E-state index contributed by atoms with van der Waals surface area (Å²) in [6.45, 7) is 26.1. The van der Waals surface area contributed by atoms with Crippen molar-refractivity contribution in [3.8, 4) is 33.4 Å². The molecule has 364 valence electrons. The van der Waals surface area contributed by atoms with Crippen molar-refractivity contribution in [2.45, 2.75) is 103 Å². The molecule has 2 heteroatoms. The Morgan fingerprint density at radius 1 is 0.311 bits per heavy atom. The summed E-state index contributed by atoms with van der Waals surface area (Å²) < 4.78 is 0. The van der Waals surface area contributed by atoms with E-state index in [1.54, 1.807) is 0 Å². The van der Waals surface area contributed by atoms with Crippen molar-refractivity contribution in [3.63, 3.8) is 0 Å². The van der Waals surface area contributed by atoms with Gasteiger partial charge in [0.25, 0.3) is 0 Å². The maximum Gasteiger partial charge on any atom is 0.0506 e. The summed E-state index contributed by atoms with van der Waals surface area (Å²) in [4.78, 5) is 4.99. The quantitative estimate of drug-likeness (QED) is 0.159. The van der Waals surface area contributed by atoms with Crippen LogP contribution in [0.15, 0.2) is 188 Å². The minimum absolute atomic E-state index is 0.0885. The van der Waals surface area contributed by atoms with Crippen LogP contribution in [0.1, 0.15) is 137 Å². The fraction of sp³-hybridized carbons (Fsp3) is 0.222. The molecule has 2 nitrogen and oxygen atoms in total. The smallest absolute Gasteiger partial charge is 0.0506 e. The van der Waals surface area contributed by atoms with E-state index in [4.69, 9.17) is 0 Å². The van der Waals surface area contributed by atoms with Gasteiger partial charge in [0.05, 0.1) is 22.7 Å². The van der Waals surface area contributed by atoms with E-state index in [-0.39, 0.29) is 27.1 Å². The van der Waals surface area contributed by atoms with Crippen molar-refractivity contribution in [1.29, 1.82) is 0 Å². The topological polar surface area (TPSA) is 6.48 Å². The molecule has 2 heterocycles. The molecule has 0 unspecified atom stereocenters. The molecule has 2 aliphatic heterocycles. The molecule has 0 atom stereocenters. The second-order valence-electron chi connectivity index (χ2n) is 24.7. The molecular weight excluding hydrogens is 893 g/mol. The Balaban J connectivity index is 0.791. The first kappa shape index (κ1) is 46.1. The molecule has 0 saturated heterocycles. The Hall–Kier alpha value is -7.68. The van der Waals surface area contributed by atoms with Gasteiger partial charge in [-0.05, 0) is 167 Å². The number of fused-ring (bicyclic) bond motifs is 10. The minimum Gasteiger partial charge on any atom is -0.310 e. The lowest BCUT2D eigenvalue weighted by Gasteiger charge is -2.43. The highest BCUT2D eigenvalue weighted by Gasteiger charge is 2.44. The van der Waals surface area contributed by atoms with Crippen molar-refractivity contribution in [3.05, 3.63) is 249 Å². The first-order valence-corrected chi connectivity index (χ1v) is 26.7. The van der Waals surface area contributed by atoms with Gasteiger partial charge in [-0.25, -0.2) is 0 Å². The predicted molar refractivity (Wildman–Crippen MR) is 315 cm³/mol.